The van der Waals surface area contributed by atoms with Gasteiger partial charge in [0, 0.05) is 17.7 Å². The maximum atomic E-state index is 13.5. The Balaban J connectivity index is 1.74. The normalized spacial score (nSPS) is 16.0. The molecule has 1 amide bonds. The average Bonchev–Trinajstić information content (AvgIpc) is 3.42. The van der Waals surface area contributed by atoms with Crippen molar-refractivity contribution in [3.63, 3.8) is 0 Å². The van der Waals surface area contributed by atoms with Crippen molar-refractivity contribution in [3.05, 3.63) is 53.1 Å². The molecule has 7 heteroatoms. The number of hydrogen-bond donors (Lipinski definition) is 0. The molecule has 3 aromatic rings. The Labute approximate surface area is 179 Å². The molecule has 1 aliphatic heterocycles. The van der Waals surface area contributed by atoms with Gasteiger partial charge in [-0.2, -0.15) is 0 Å². The number of aromatic nitrogens is 1. The number of aryl methyl sites for hydroxylation is 1. The van der Waals surface area contributed by atoms with Gasteiger partial charge in [0.2, 0.25) is 0 Å². The van der Waals surface area contributed by atoms with Crippen molar-refractivity contribution in [2.75, 3.05) is 25.2 Å². The zero-order valence-corrected chi connectivity index (χ0v) is 18.1. The summed E-state index contributed by atoms with van der Waals surface area (Å²) in [7, 11) is 1.62. The van der Waals surface area contributed by atoms with E-state index in [9.17, 15) is 9.59 Å². The Kier molecular flexibility index (Phi) is 5.83. The summed E-state index contributed by atoms with van der Waals surface area (Å²) < 4.78 is 12.3. The van der Waals surface area contributed by atoms with Gasteiger partial charge in [0.15, 0.2) is 10.9 Å². The second-order valence-corrected chi connectivity index (χ2v) is 8.42. The Hall–Kier alpha value is -2.77. The number of nitrogens with zero attached hydrogens (tertiary/aromatic N) is 2. The fourth-order valence-corrected chi connectivity index (χ4v) is 4.68. The van der Waals surface area contributed by atoms with Crippen molar-refractivity contribution in [2.24, 2.45) is 0 Å². The van der Waals surface area contributed by atoms with Crippen molar-refractivity contribution in [1.82, 2.24) is 4.98 Å². The van der Waals surface area contributed by atoms with E-state index >= 15 is 0 Å². The molecule has 0 N–H and O–H groups in total. The molecule has 156 valence electrons. The highest BCUT2D eigenvalue weighted by Crippen LogP contribution is 2.37. The summed E-state index contributed by atoms with van der Waals surface area (Å²) in [5.41, 5.74) is 2.94. The van der Waals surface area contributed by atoms with Gasteiger partial charge in [-0.3, -0.25) is 14.5 Å². The minimum atomic E-state index is -0.156. The third kappa shape index (κ3) is 3.95. The molecule has 1 atom stereocenters. The highest BCUT2D eigenvalue weighted by Gasteiger charge is 2.28. The number of ether oxygens (including phenoxy) is 2. The van der Waals surface area contributed by atoms with Crippen LogP contribution in [0.25, 0.3) is 10.2 Å². The van der Waals surface area contributed by atoms with Crippen molar-refractivity contribution >= 4 is 38.4 Å². The van der Waals surface area contributed by atoms with E-state index in [2.05, 4.69) is 0 Å². The van der Waals surface area contributed by atoms with Gasteiger partial charge >= 0.3 is 0 Å². The first-order valence-electron chi connectivity index (χ1n) is 9.96. The molecular weight excluding hydrogens is 400 g/mol. The maximum Gasteiger partial charge on any atom is 0.260 e. The molecule has 30 heavy (non-hydrogen) atoms. The molecular formula is C23H24N2O4S. The Morgan fingerprint density at radius 1 is 1.20 bits per heavy atom. The van der Waals surface area contributed by atoms with Gasteiger partial charge in [0.25, 0.3) is 5.91 Å². The van der Waals surface area contributed by atoms with Crippen LogP contribution in [0.3, 0.4) is 0 Å². The van der Waals surface area contributed by atoms with Gasteiger partial charge in [-0.15, -0.1) is 0 Å². The molecule has 6 nitrogen and oxygen atoms in total. The second-order valence-electron chi connectivity index (χ2n) is 7.44. The number of methoxy groups -OCH3 is 1. The number of rotatable bonds is 6. The van der Waals surface area contributed by atoms with Crippen molar-refractivity contribution in [3.8, 4) is 5.75 Å². The number of fused-ring (bicyclic) bond motifs is 1. The molecule has 0 saturated carbocycles. The lowest BCUT2D eigenvalue weighted by Crippen LogP contribution is -2.37. The van der Waals surface area contributed by atoms with Gasteiger partial charge in [-0.05, 0) is 50.5 Å². The van der Waals surface area contributed by atoms with E-state index in [1.807, 2.05) is 19.1 Å². The van der Waals surface area contributed by atoms with Crippen LogP contribution in [0, 0.1) is 6.92 Å². The van der Waals surface area contributed by atoms with Crippen LogP contribution in [0.1, 0.15) is 46.0 Å². The SMILES string of the molecule is COc1ccc(C)c2sc(N(CC3CCCO3)C(=O)c3ccc(C(C)=O)cc3)nc12. The van der Waals surface area contributed by atoms with Gasteiger partial charge in [0.05, 0.1) is 24.5 Å². The van der Waals surface area contributed by atoms with Crippen LogP contribution in [0.2, 0.25) is 0 Å². The first kappa shape index (κ1) is 20.5. The zero-order valence-electron chi connectivity index (χ0n) is 17.3. The first-order valence-corrected chi connectivity index (χ1v) is 10.8. The largest absolute Gasteiger partial charge is 0.494 e. The highest BCUT2D eigenvalue weighted by molar-refractivity contribution is 7.22. The summed E-state index contributed by atoms with van der Waals surface area (Å²) in [4.78, 5) is 31.5. The van der Waals surface area contributed by atoms with Crippen molar-refractivity contribution in [2.45, 2.75) is 32.8 Å². The topological polar surface area (TPSA) is 68.7 Å². The van der Waals surface area contributed by atoms with Crippen LogP contribution >= 0.6 is 11.3 Å². The number of ketones is 1. The smallest absolute Gasteiger partial charge is 0.260 e. The van der Waals surface area contributed by atoms with Crippen LogP contribution in [0.4, 0.5) is 5.13 Å². The minimum absolute atomic E-state index is 0.0135. The summed E-state index contributed by atoms with van der Waals surface area (Å²) in [6, 6.07) is 10.7. The first-order chi connectivity index (χ1) is 14.5. The molecule has 2 aromatic carbocycles. The molecule has 1 fully saturated rings. The lowest BCUT2D eigenvalue weighted by Gasteiger charge is -2.23. The Morgan fingerprint density at radius 2 is 1.93 bits per heavy atom. The zero-order chi connectivity index (χ0) is 21.3. The van der Waals surface area contributed by atoms with Crippen LogP contribution in [0.15, 0.2) is 36.4 Å². The molecule has 4 rings (SSSR count). The number of anilines is 1. The molecule has 0 spiro atoms. The van der Waals surface area contributed by atoms with E-state index in [1.165, 1.54) is 18.3 Å². The molecule has 0 radical (unpaired) electrons. The summed E-state index contributed by atoms with van der Waals surface area (Å²) in [5.74, 6) is 0.503. The summed E-state index contributed by atoms with van der Waals surface area (Å²) in [5, 5.41) is 0.619. The van der Waals surface area contributed by atoms with Crippen LogP contribution in [-0.2, 0) is 4.74 Å². The quantitative estimate of drug-likeness (QED) is 0.539. The number of hydrogen-bond acceptors (Lipinski definition) is 6. The number of carbonyl (C=O) groups excluding carboxylic acids is 2. The lowest BCUT2D eigenvalue weighted by molar-refractivity contribution is 0.0916. The standard InChI is InChI=1S/C23H24N2O4S/c1-14-6-11-19(28-3)20-21(14)30-23(24-20)25(13-18-5-4-12-29-18)22(27)17-9-7-16(8-10-17)15(2)26/h6-11,18H,4-5,12-13H2,1-3H3. The molecule has 1 aromatic heterocycles. The predicted octanol–water partition coefficient (Wildman–Crippen LogP) is 4.64. The fraction of sp³-hybridized carbons (Fsp3) is 0.348. The molecule has 0 bridgehead atoms. The minimum Gasteiger partial charge on any atom is -0.494 e. The maximum absolute atomic E-state index is 13.5. The summed E-state index contributed by atoms with van der Waals surface area (Å²) in [6.45, 7) is 4.69. The molecule has 1 saturated heterocycles. The van der Waals surface area contributed by atoms with E-state index < -0.39 is 0 Å². The molecule has 0 aliphatic carbocycles. The highest BCUT2D eigenvalue weighted by atomic mass is 32.1. The average molecular weight is 425 g/mol. The van der Waals surface area contributed by atoms with Gasteiger partial charge in [-0.1, -0.05) is 29.5 Å². The van der Waals surface area contributed by atoms with Crippen LogP contribution in [-0.4, -0.2) is 43.0 Å². The van der Waals surface area contributed by atoms with Gasteiger partial charge in [0.1, 0.15) is 11.3 Å². The van der Waals surface area contributed by atoms with Crippen LogP contribution < -0.4 is 9.64 Å². The number of thiazole rings is 1. The van der Waals surface area contributed by atoms with E-state index in [1.54, 1.807) is 36.3 Å². The van der Waals surface area contributed by atoms with Crippen molar-refractivity contribution < 1.29 is 19.1 Å². The number of carbonyl (C=O) groups is 2. The number of Topliss-reactive ketones (excluding diaryl/α,β-unsaturated/α-hetero) is 1. The van der Waals surface area contributed by atoms with E-state index in [0.717, 1.165) is 28.6 Å². The van der Waals surface area contributed by atoms with E-state index in [-0.39, 0.29) is 17.8 Å². The monoisotopic (exact) mass is 424 g/mol. The lowest BCUT2D eigenvalue weighted by atomic mass is 10.1. The Bertz CT molecular complexity index is 1080. The molecule has 2 heterocycles. The van der Waals surface area contributed by atoms with Crippen LogP contribution in [0.5, 0.6) is 5.75 Å². The summed E-state index contributed by atoms with van der Waals surface area (Å²) >= 11 is 1.48. The number of benzene rings is 2. The van der Waals surface area contributed by atoms with E-state index in [0.29, 0.717) is 35.2 Å². The molecule has 1 unspecified atom stereocenters. The second kappa shape index (κ2) is 8.53. The van der Waals surface area contributed by atoms with Crippen molar-refractivity contribution in [1.29, 1.82) is 0 Å². The molecule has 1 aliphatic rings. The Morgan fingerprint density at radius 3 is 2.57 bits per heavy atom. The third-order valence-corrected chi connectivity index (χ3v) is 6.55. The fourth-order valence-electron chi connectivity index (χ4n) is 3.62. The van der Waals surface area contributed by atoms with E-state index in [4.69, 9.17) is 14.5 Å². The number of amides is 1. The predicted molar refractivity (Wildman–Crippen MR) is 118 cm³/mol. The van der Waals surface area contributed by atoms with Gasteiger partial charge < -0.3 is 9.47 Å². The summed E-state index contributed by atoms with van der Waals surface area (Å²) in [6.07, 6.45) is 1.90. The third-order valence-electron chi connectivity index (χ3n) is 5.34. The van der Waals surface area contributed by atoms with Gasteiger partial charge in [-0.25, -0.2) is 4.98 Å².